The SMILES string of the molecule is Cc1nn(C)c2ncc(NC(=O)CCc3ccc(S(N)(=O)=O)cc3)cc12. The Labute approximate surface area is 151 Å². The third-order valence-corrected chi connectivity index (χ3v) is 4.97. The molecule has 1 amide bonds. The van der Waals surface area contributed by atoms with Crippen molar-refractivity contribution < 1.29 is 13.2 Å². The third kappa shape index (κ3) is 3.89. The summed E-state index contributed by atoms with van der Waals surface area (Å²) in [6, 6.07) is 8.03. The second-order valence-electron chi connectivity index (χ2n) is 6.04. The average Bonchev–Trinajstić information content (AvgIpc) is 2.86. The highest BCUT2D eigenvalue weighted by molar-refractivity contribution is 7.89. The minimum absolute atomic E-state index is 0.0527. The van der Waals surface area contributed by atoms with E-state index in [2.05, 4.69) is 15.4 Å². The number of amides is 1. The van der Waals surface area contributed by atoms with Gasteiger partial charge in [-0.05, 0) is 37.1 Å². The maximum Gasteiger partial charge on any atom is 0.238 e. The molecule has 0 saturated heterocycles. The van der Waals surface area contributed by atoms with Crippen molar-refractivity contribution in [3.63, 3.8) is 0 Å². The van der Waals surface area contributed by atoms with Crippen LogP contribution in [0.5, 0.6) is 0 Å². The normalized spacial score (nSPS) is 11.7. The number of benzene rings is 1. The van der Waals surface area contributed by atoms with Gasteiger partial charge in [0.2, 0.25) is 15.9 Å². The molecule has 3 N–H and O–H groups in total. The van der Waals surface area contributed by atoms with Gasteiger partial charge < -0.3 is 5.32 Å². The van der Waals surface area contributed by atoms with Crippen molar-refractivity contribution in [2.24, 2.45) is 12.2 Å². The molecule has 0 unspecified atom stereocenters. The fourth-order valence-corrected chi connectivity index (χ4v) is 3.22. The molecule has 0 fully saturated rings. The van der Waals surface area contributed by atoms with Crippen molar-refractivity contribution >= 4 is 32.7 Å². The predicted molar refractivity (Wildman–Crippen MR) is 98.0 cm³/mol. The van der Waals surface area contributed by atoms with Crippen LogP contribution in [0.3, 0.4) is 0 Å². The molecule has 0 bridgehead atoms. The molecule has 3 rings (SSSR count). The topological polar surface area (TPSA) is 120 Å². The average molecular weight is 373 g/mol. The van der Waals surface area contributed by atoms with E-state index in [0.717, 1.165) is 22.3 Å². The zero-order valence-corrected chi connectivity index (χ0v) is 15.2. The first-order valence-electron chi connectivity index (χ1n) is 7.95. The molecular weight excluding hydrogens is 354 g/mol. The summed E-state index contributed by atoms with van der Waals surface area (Å²) in [5.74, 6) is -0.150. The number of carbonyl (C=O) groups excluding carboxylic acids is 1. The Bertz CT molecular complexity index is 1070. The minimum Gasteiger partial charge on any atom is -0.325 e. The van der Waals surface area contributed by atoms with Crippen LogP contribution in [0.25, 0.3) is 11.0 Å². The lowest BCUT2D eigenvalue weighted by molar-refractivity contribution is -0.116. The van der Waals surface area contributed by atoms with Crippen molar-refractivity contribution in [1.29, 1.82) is 0 Å². The summed E-state index contributed by atoms with van der Waals surface area (Å²) in [5, 5.41) is 13.1. The quantitative estimate of drug-likeness (QED) is 0.702. The first kappa shape index (κ1) is 18.0. The van der Waals surface area contributed by atoms with Gasteiger partial charge in [-0.3, -0.25) is 9.48 Å². The number of hydrogen-bond acceptors (Lipinski definition) is 5. The van der Waals surface area contributed by atoms with Crippen LogP contribution in [0.4, 0.5) is 5.69 Å². The van der Waals surface area contributed by atoms with E-state index in [0.29, 0.717) is 12.1 Å². The third-order valence-electron chi connectivity index (χ3n) is 4.04. The van der Waals surface area contributed by atoms with Crippen LogP contribution >= 0.6 is 0 Å². The second kappa shape index (κ2) is 6.85. The van der Waals surface area contributed by atoms with Gasteiger partial charge in [0.05, 0.1) is 22.5 Å². The van der Waals surface area contributed by atoms with E-state index in [9.17, 15) is 13.2 Å². The Kier molecular flexibility index (Phi) is 4.75. The molecule has 8 nitrogen and oxygen atoms in total. The number of nitrogens with zero attached hydrogens (tertiary/aromatic N) is 3. The minimum atomic E-state index is -3.70. The van der Waals surface area contributed by atoms with Crippen molar-refractivity contribution in [2.45, 2.75) is 24.7 Å². The zero-order valence-electron chi connectivity index (χ0n) is 14.4. The van der Waals surface area contributed by atoms with Gasteiger partial charge in [0, 0.05) is 18.9 Å². The van der Waals surface area contributed by atoms with Gasteiger partial charge in [-0.15, -0.1) is 0 Å². The standard InChI is InChI=1S/C17H19N5O3S/c1-11-15-9-13(10-19-17(15)22(2)21-11)20-16(23)8-5-12-3-6-14(7-4-12)26(18,24)25/h3-4,6-7,9-10H,5,8H2,1-2H3,(H,20,23)(H2,18,24,25). The summed E-state index contributed by atoms with van der Waals surface area (Å²) in [5.41, 5.74) is 3.07. The molecule has 3 aromatic rings. The zero-order chi connectivity index (χ0) is 18.9. The number of hydrogen-bond donors (Lipinski definition) is 2. The summed E-state index contributed by atoms with van der Waals surface area (Å²) >= 11 is 0. The highest BCUT2D eigenvalue weighted by atomic mass is 32.2. The Morgan fingerprint density at radius 3 is 2.62 bits per heavy atom. The maximum atomic E-state index is 12.2. The van der Waals surface area contributed by atoms with Crippen LogP contribution in [0.1, 0.15) is 17.7 Å². The van der Waals surface area contributed by atoms with Gasteiger partial charge in [-0.2, -0.15) is 5.10 Å². The molecule has 0 spiro atoms. The van der Waals surface area contributed by atoms with Crippen molar-refractivity contribution in [2.75, 3.05) is 5.32 Å². The number of sulfonamides is 1. The molecular formula is C17H19N5O3S. The Hall–Kier alpha value is -2.78. The van der Waals surface area contributed by atoms with Crippen LogP contribution in [0.15, 0.2) is 41.4 Å². The van der Waals surface area contributed by atoms with Crippen molar-refractivity contribution in [3.8, 4) is 0 Å². The van der Waals surface area contributed by atoms with E-state index < -0.39 is 10.0 Å². The van der Waals surface area contributed by atoms with Crippen molar-refractivity contribution in [1.82, 2.24) is 14.8 Å². The molecule has 0 aliphatic heterocycles. The van der Waals surface area contributed by atoms with Crippen LogP contribution in [-0.4, -0.2) is 29.1 Å². The Morgan fingerprint density at radius 1 is 1.27 bits per heavy atom. The molecule has 0 atom stereocenters. The van der Waals surface area contributed by atoms with E-state index in [1.807, 2.05) is 20.0 Å². The molecule has 1 aromatic carbocycles. The van der Waals surface area contributed by atoms with Crippen LogP contribution in [-0.2, 0) is 28.3 Å². The van der Waals surface area contributed by atoms with E-state index in [1.165, 1.54) is 12.1 Å². The molecule has 2 heterocycles. The number of anilines is 1. The number of primary sulfonamides is 1. The smallest absolute Gasteiger partial charge is 0.238 e. The fraction of sp³-hybridized carbons (Fsp3) is 0.235. The lowest BCUT2D eigenvalue weighted by Gasteiger charge is -2.06. The lowest BCUT2D eigenvalue weighted by atomic mass is 10.1. The molecule has 26 heavy (non-hydrogen) atoms. The highest BCUT2D eigenvalue weighted by Crippen LogP contribution is 2.19. The molecule has 0 aliphatic rings. The van der Waals surface area contributed by atoms with Crippen LogP contribution < -0.4 is 10.5 Å². The molecule has 0 aliphatic carbocycles. The van der Waals surface area contributed by atoms with Gasteiger partial charge in [0.15, 0.2) is 5.65 Å². The lowest BCUT2D eigenvalue weighted by Crippen LogP contribution is -2.13. The van der Waals surface area contributed by atoms with Gasteiger partial charge in [-0.1, -0.05) is 12.1 Å². The van der Waals surface area contributed by atoms with Crippen molar-refractivity contribution in [3.05, 3.63) is 47.8 Å². The second-order valence-corrected chi connectivity index (χ2v) is 7.60. The molecule has 0 radical (unpaired) electrons. The number of aryl methyl sites for hydroxylation is 3. The molecule has 2 aromatic heterocycles. The number of carbonyl (C=O) groups is 1. The number of nitrogens with one attached hydrogen (secondary N) is 1. The summed E-state index contributed by atoms with van der Waals surface area (Å²) in [6.45, 7) is 1.89. The number of pyridine rings is 1. The van der Waals surface area contributed by atoms with E-state index in [1.54, 1.807) is 23.0 Å². The summed E-state index contributed by atoms with van der Waals surface area (Å²) in [4.78, 5) is 16.5. The van der Waals surface area contributed by atoms with Gasteiger partial charge in [0.25, 0.3) is 0 Å². The molecule has 136 valence electrons. The van der Waals surface area contributed by atoms with Crippen LogP contribution in [0.2, 0.25) is 0 Å². The number of nitrogens with two attached hydrogens (primary N) is 1. The van der Waals surface area contributed by atoms with E-state index in [-0.39, 0.29) is 17.2 Å². The number of fused-ring (bicyclic) bond motifs is 1. The monoisotopic (exact) mass is 373 g/mol. The van der Waals surface area contributed by atoms with Crippen LogP contribution in [0, 0.1) is 6.92 Å². The largest absolute Gasteiger partial charge is 0.325 e. The fourth-order valence-electron chi connectivity index (χ4n) is 2.70. The highest BCUT2D eigenvalue weighted by Gasteiger charge is 2.10. The van der Waals surface area contributed by atoms with Gasteiger partial charge in [0.1, 0.15) is 0 Å². The summed E-state index contributed by atoms with van der Waals surface area (Å²) in [6.07, 6.45) is 2.35. The van der Waals surface area contributed by atoms with E-state index >= 15 is 0 Å². The maximum absolute atomic E-state index is 12.2. The Balaban J connectivity index is 1.63. The summed E-state index contributed by atoms with van der Waals surface area (Å²) < 4.78 is 24.2. The first-order valence-corrected chi connectivity index (χ1v) is 9.49. The first-order chi connectivity index (χ1) is 12.2. The van der Waals surface area contributed by atoms with E-state index in [4.69, 9.17) is 5.14 Å². The predicted octanol–water partition coefficient (Wildman–Crippen LogP) is 1.50. The van der Waals surface area contributed by atoms with Gasteiger partial charge in [-0.25, -0.2) is 18.5 Å². The number of aromatic nitrogens is 3. The molecule has 0 saturated carbocycles. The molecule has 9 heteroatoms. The summed E-state index contributed by atoms with van der Waals surface area (Å²) in [7, 11) is -1.88. The number of rotatable bonds is 5. The van der Waals surface area contributed by atoms with Gasteiger partial charge >= 0.3 is 0 Å². The Morgan fingerprint density at radius 2 is 1.96 bits per heavy atom.